The highest BCUT2D eigenvalue weighted by molar-refractivity contribution is 5.95. The summed E-state index contributed by atoms with van der Waals surface area (Å²) < 4.78 is 11.3. The smallest absolute Gasteiger partial charge is 0.408 e. The second-order valence-corrected chi connectivity index (χ2v) is 8.68. The lowest BCUT2D eigenvalue weighted by Crippen LogP contribution is -2.72. The Hall–Kier alpha value is -2.49. The number of hydrogen-bond donors (Lipinski definition) is 3. The Balaban J connectivity index is 2.25. The van der Waals surface area contributed by atoms with Gasteiger partial charge in [-0.05, 0) is 30.7 Å². The van der Waals surface area contributed by atoms with Gasteiger partial charge in [0.2, 0.25) is 0 Å². The quantitative estimate of drug-likeness (QED) is 0.433. The van der Waals surface area contributed by atoms with Crippen LogP contribution >= 0.6 is 0 Å². The van der Waals surface area contributed by atoms with Gasteiger partial charge in [-0.2, -0.15) is 0 Å². The standard InChI is InChI=1S/C24H37N3O6/c1-5-20-24(6-2,27(12-13-32-20)25-15-21(28)29)22(30)19(14-17(3)4)26-23(31)33-16-18-10-8-7-9-11-18/h7-11,17,19-20,25H,5-6,12-16H2,1-4H3,(H,26,31)(H,28,29)/t19-,20?,24?/m0/s1. The average molecular weight is 464 g/mol. The Kier molecular flexibility index (Phi) is 10.3. The molecule has 1 fully saturated rings. The molecule has 1 saturated heterocycles. The number of Topliss-reactive ketones (excluding diaryl/α,β-unsaturated/α-hetero) is 1. The normalized spacial score (nSPS) is 22.0. The van der Waals surface area contributed by atoms with Crippen molar-refractivity contribution in [2.75, 3.05) is 19.7 Å². The molecule has 0 bridgehead atoms. The van der Waals surface area contributed by atoms with Crippen molar-refractivity contribution in [2.24, 2.45) is 5.92 Å². The number of carboxylic acid groups (broad SMARTS) is 1. The summed E-state index contributed by atoms with van der Waals surface area (Å²) in [6.45, 7) is 8.29. The zero-order chi connectivity index (χ0) is 24.4. The second kappa shape index (κ2) is 12.7. The van der Waals surface area contributed by atoms with Crippen molar-refractivity contribution in [1.29, 1.82) is 0 Å². The number of hydrazine groups is 1. The monoisotopic (exact) mass is 463 g/mol. The predicted molar refractivity (Wildman–Crippen MR) is 123 cm³/mol. The minimum atomic E-state index is -1.12. The largest absolute Gasteiger partial charge is 0.480 e. The third-order valence-electron chi connectivity index (χ3n) is 5.93. The van der Waals surface area contributed by atoms with Gasteiger partial charge in [0, 0.05) is 6.54 Å². The van der Waals surface area contributed by atoms with Crippen molar-refractivity contribution in [3.05, 3.63) is 35.9 Å². The van der Waals surface area contributed by atoms with Crippen LogP contribution in [-0.2, 0) is 25.7 Å². The van der Waals surface area contributed by atoms with Gasteiger partial charge < -0.3 is 19.9 Å². The van der Waals surface area contributed by atoms with E-state index in [1.54, 1.807) is 5.01 Å². The van der Waals surface area contributed by atoms with Gasteiger partial charge in [0.05, 0.1) is 18.8 Å². The molecule has 3 atom stereocenters. The van der Waals surface area contributed by atoms with Gasteiger partial charge in [0.15, 0.2) is 5.78 Å². The van der Waals surface area contributed by atoms with E-state index in [9.17, 15) is 14.4 Å². The second-order valence-electron chi connectivity index (χ2n) is 8.68. The summed E-state index contributed by atoms with van der Waals surface area (Å²) in [6, 6.07) is 8.50. The summed E-state index contributed by atoms with van der Waals surface area (Å²) in [6.07, 6.45) is 0.273. The number of hydrogen-bond acceptors (Lipinski definition) is 7. The summed E-state index contributed by atoms with van der Waals surface area (Å²) in [5, 5.41) is 13.6. The van der Waals surface area contributed by atoms with E-state index < -0.39 is 29.7 Å². The molecule has 1 aliphatic rings. The summed E-state index contributed by atoms with van der Waals surface area (Å²) in [5.74, 6) is -1.10. The molecule has 9 heteroatoms. The fourth-order valence-corrected chi connectivity index (χ4v) is 4.43. The maximum atomic E-state index is 14.0. The Morgan fingerprint density at radius 3 is 2.52 bits per heavy atom. The highest BCUT2D eigenvalue weighted by Gasteiger charge is 2.53. The zero-order valence-corrected chi connectivity index (χ0v) is 20.0. The highest BCUT2D eigenvalue weighted by atomic mass is 16.5. The van der Waals surface area contributed by atoms with Crippen LogP contribution in [0.3, 0.4) is 0 Å². The zero-order valence-electron chi connectivity index (χ0n) is 20.0. The van der Waals surface area contributed by atoms with Gasteiger partial charge in [-0.1, -0.05) is 58.0 Å². The highest BCUT2D eigenvalue weighted by Crippen LogP contribution is 2.33. The van der Waals surface area contributed by atoms with Crippen molar-refractivity contribution < 1.29 is 29.0 Å². The van der Waals surface area contributed by atoms with Crippen LogP contribution in [0.25, 0.3) is 0 Å². The summed E-state index contributed by atoms with van der Waals surface area (Å²) in [5.41, 5.74) is 2.64. The van der Waals surface area contributed by atoms with E-state index in [0.717, 1.165) is 5.56 Å². The number of nitrogens with zero attached hydrogens (tertiary/aromatic N) is 1. The minimum Gasteiger partial charge on any atom is -0.480 e. The molecule has 1 amide bonds. The van der Waals surface area contributed by atoms with E-state index in [0.29, 0.717) is 32.4 Å². The van der Waals surface area contributed by atoms with Crippen LogP contribution in [0.5, 0.6) is 0 Å². The molecular formula is C24H37N3O6. The lowest BCUT2D eigenvalue weighted by molar-refractivity contribution is -0.175. The molecule has 1 aliphatic heterocycles. The number of rotatable bonds is 12. The van der Waals surface area contributed by atoms with Crippen LogP contribution < -0.4 is 10.7 Å². The number of carboxylic acids is 1. The number of aliphatic carboxylic acids is 1. The Morgan fingerprint density at radius 1 is 1.24 bits per heavy atom. The van der Waals surface area contributed by atoms with E-state index in [2.05, 4.69) is 10.7 Å². The summed E-state index contributed by atoms with van der Waals surface area (Å²) >= 11 is 0. The number of morpholine rings is 1. The average Bonchev–Trinajstić information content (AvgIpc) is 2.80. The number of carbonyl (C=O) groups excluding carboxylic acids is 2. The maximum absolute atomic E-state index is 14.0. The van der Waals surface area contributed by atoms with Crippen LogP contribution in [-0.4, -0.2) is 65.3 Å². The number of ether oxygens (including phenoxy) is 2. The Labute approximate surface area is 195 Å². The van der Waals surface area contributed by atoms with E-state index >= 15 is 0 Å². The fraction of sp³-hybridized carbons (Fsp3) is 0.625. The molecular weight excluding hydrogens is 426 g/mol. The number of nitrogens with one attached hydrogen (secondary N) is 2. The van der Waals surface area contributed by atoms with Crippen LogP contribution in [0.15, 0.2) is 30.3 Å². The Morgan fingerprint density at radius 2 is 1.94 bits per heavy atom. The van der Waals surface area contributed by atoms with Gasteiger partial charge in [-0.3, -0.25) is 9.59 Å². The number of carbonyl (C=O) groups is 3. The van der Waals surface area contributed by atoms with Gasteiger partial charge >= 0.3 is 12.1 Å². The molecule has 33 heavy (non-hydrogen) atoms. The molecule has 2 unspecified atom stereocenters. The molecule has 0 radical (unpaired) electrons. The van der Waals surface area contributed by atoms with Crippen molar-refractivity contribution >= 4 is 17.8 Å². The number of amides is 1. The lowest BCUT2D eigenvalue weighted by atomic mass is 9.77. The van der Waals surface area contributed by atoms with Crippen molar-refractivity contribution in [3.8, 4) is 0 Å². The van der Waals surface area contributed by atoms with Gasteiger partial charge in [0.1, 0.15) is 18.7 Å². The predicted octanol–water partition coefficient (Wildman–Crippen LogP) is 2.75. The van der Waals surface area contributed by atoms with Crippen molar-refractivity contribution in [2.45, 2.75) is 71.2 Å². The first-order valence-electron chi connectivity index (χ1n) is 11.6. The first-order valence-corrected chi connectivity index (χ1v) is 11.6. The topological polar surface area (TPSA) is 117 Å². The van der Waals surface area contributed by atoms with Gasteiger partial charge in [0.25, 0.3) is 0 Å². The molecule has 0 aliphatic carbocycles. The molecule has 1 aromatic carbocycles. The molecule has 1 aromatic rings. The van der Waals surface area contributed by atoms with Gasteiger partial charge in [-0.15, -0.1) is 0 Å². The lowest BCUT2D eigenvalue weighted by Gasteiger charge is -2.51. The van der Waals surface area contributed by atoms with E-state index in [-0.39, 0.29) is 24.9 Å². The van der Waals surface area contributed by atoms with Crippen molar-refractivity contribution in [3.63, 3.8) is 0 Å². The van der Waals surface area contributed by atoms with Gasteiger partial charge in [-0.25, -0.2) is 15.2 Å². The number of alkyl carbamates (subject to hydrolysis) is 1. The molecule has 2 rings (SSSR count). The summed E-state index contributed by atoms with van der Waals surface area (Å²) in [4.78, 5) is 37.9. The molecule has 3 N–H and O–H groups in total. The third-order valence-corrected chi connectivity index (χ3v) is 5.93. The number of ketones is 1. The van der Waals surface area contributed by atoms with E-state index in [4.69, 9.17) is 14.6 Å². The molecule has 184 valence electrons. The number of benzene rings is 1. The van der Waals surface area contributed by atoms with Crippen LogP contribution in [0.4, 0.5) is 4.79 Å². The van der Waals surface area contributed by atoms with E-state index in [1.807, 2.05) is 58.0 Å². The third kappa shape index (κ3) is 6.99. The Bertz CT molecular complexity index is 788. The maximum Gasteiger partial charge on any atom is 0.408 e. The minimum absolute atomic E-state index is 0.0984. The molecule has 0 spiro atoms. The van der Waals surface area contributed by atoms with E-state index in [1.165, 1.54) is 0 Å². The van der Waals surface area contributed by atoms with Crippen molar-refractivity contribution in [1.82, 2.24) is 15.8 Å². The first-order chi connectivity index (χ1) is 15.7. The molecule has 0 aromatic heterocycles. The molecule has 1 heterocycles. The van der Waals surface area contributed by atoms with Crippen LogP contribution in [0, 0.1) is 5.92 Å². The molecule has 9 nitrogen and oxygen atoms in total. The first kappa shape index (κ1) is 26.8. The SMILES string of the molecule is CCC1OCCN(NCC(=O)O)C1(CC)C(=O)[C@H](CC(C)C)NC(=O)OCc1ccccc1. The van der Waals surface area contributed by atoms with Crippen LogP contribution in [0.1, 0.15) is 52.5 Å². The fourth-order valence-electron chi connectivity index (χ4n) is 4.43. The summed E-state index contributed by atoms with van der Waals surface area (Å²) in [7, 11) is 0. The van der Waals surface area contributed by atoms with Crippen LogP contribution in [0.2, 0.25) is 0 Å². The molecule has 0 saturated carbocycles.